The normalized spacial score (nSPS) is 11.9. The number of nitrogens with zero attached hydrogens (tertiary/aromatic N) is 2. The van der Waals surface area contributed by atoms with Gasteiger partial charge in [-0.05, 0) is 26.0 Å². The minimum absolute atomic E-state index is 0.0279. The van der Waals surface area contributed by atoms with Crippen LogP contribution >= 0.6 is 11.3 Å². The van der Waals surface area contributed by atoms with Gasteiger partial charge in [0.2, 0.25) is 0 Å². The van der Waals surface area contributed by atoms with Crippen LogP contribution in [0, 0.1) is 17.0 Å². The Morgan fingerprint density at radius 2 is 2.24 bits per heavy atom. The number of hydrogen-bond donors (Lipinski definition) is 2. The largest absolute Gasteiger partial charge is 0.393 e. The Bertz CT molecular complexity index is 698. The number of anilines is 1. The highest BCUT2D eigenvalue weighted by Gasteiger charge is 2.18. The van der Waals surface area contributed by atoms with E-state index in [-0.39, 0.29) is 23.0 Å². The van der Waals surface area contributed by atoms with Crippen molar-refractivity contribution in [1.29, 1.82) is 0 Å². The standard InChI is InChI=1S/C13H14N4O3S/c1-7-6-15-13(21-7)8(2)16-12(18)9-3-4-10(14)11(5-9)17(19)20/h3-6,8H,14H2,1-2H3,(H,16,18). The lowest BCUT2D eigenvalue weighted by atomic mass is 10.1. The second kappa shape index (κ2) is 5.88. The highest BCUT2D eigenvalue weighted by molar-refractivity contribution is 7.11. The first kappa shape index (κ1) is 14.9. The number of amides is 1. The maximum atomic E-state index is 12.1. The van der Waals surface area contributed by atoms with Crippen molar-refractivity contribution in [3.8, 4) is 0 Å². The minimum Gasteiger partial charge on any atom is -0.393 e. The van der Waals surface area contributed by atoms with Crippen molar-refractivity contribution < 1.29 is 9.72 Å². The maximum absolute atomic E-state index is 12.1. The lowest BCUT2D eigenvalue weighted by Gasteiger charge is -2.11. The summed E-state index contributed by atoms with van der Waals surface area (Å²) in [5.74, 6) is -0.404. The molecular weight excluding hydrogens is 292 g/mol. The molecule has 2 rings (SSSR count). The Balaban J connectivity index is 2.17. The summed E-state index contributed by atoms with van der Waals surface area (Å²) in [6.07, 6.45) is 1.73. The van der Waals surface area contributed by atoms with Crippen LogP contribution in [0.15, 0.2) is 24.4 Å². The molecule has 2 aromatic rings. The zero-order valence-corrected chi connectivity index (χ0v) is 12.3. The predicted molar refractivity (Wildman–Crippen MR) is 80.2 cm³/mol. The van der Waals surface area contributed by atoms with E-state index in [1.54, 1.807) is 6.20 Å². The fraction of sp³-hybridized carbons (Fsp3) is 0.231. The van der Waals surface area contributed by atoms with Crippen molar-refractivity contribution in [3.05, 3.63) is 50.0 Å². The Labute approximate surface area is 125 Å². The van der Waals surface area contributed by atoms with Gasteiger partial charge < -0.3 is 11.1 Å². The number of thiazole rings is 1. The molecule has 3 N–H and O–H groups in total. The molecule has 1 atom stereocenters. The molecule has 1 unspecified atom stereocenters. The van der Waals surface area contributed by atoms with Crippen molar-refractivity contribution in [2.45, 2.75) is 19.9 Å². The predicted octanol–water partition coefficient (Wildman–Crippen LogP) is 2.43. The molecule has 0 fully saturated rings. The Morgan fingerprint density at radius 1 is 1.52 bits per heavy atom. The van der Waals surface area contributed by atoms with E-state index in [1.807, 2.05) is 13.8 Å². The third-order valence-corrected chi connectivity index (χ3v) is 3.94. The molecule has 21 heavy (non-hydrogen) atoms. The third kappa shape index (κ3) is 3.34. The first-order valence-electron chi connectivity index (χ1n) is 6.15. The number of hydrogen-bond acceptors (Lipinski definition) is 6. The molecule has 7 nitrogen and oxygen atoms in total. The number of rotatable bonds is 4. The maximum Gasteiger partial charge on any atom is 0.292 e. The van der Waals surface area contributed by atoms with E-state index in [2.05, 4.69) is 10.3 Å². The number of nitrogens with two attached hydrogens (primary N) is 1. The summed E-state index contributed by atoms with van der Waals surface area (Å²) in [5, 5.41) is 14.4. The number of carbonyl (C=O) groups excluding carboxylic acids is 1. The molecule has 0 aliphatic heterocycles. The molecule has 1 aromatic heterocycles. The van der Waals surface area contributed by atoms with Crippen LogP contribution < -0.4 is 11.1 Å². The number of nitrogens with one attached hydrogen (secondary N) is 1. The van der Waals surface area contributed by atoms with Crippen molar-refractivity contribution in [3.63, 3.8) is 0 Å². The molecule has 0 radical (unpaired) electrons. The van der Waals surface area contributed by atoms with E-state index < -0.39 is 10.8 Å². The van der Waals surface area contributed by atoms with Gasteiger partial charge in [0.05, 0.1) is 11.0 Å². The number of carbonyl (C=O) groups is 1. The molecule has 0 spiro atoms. The molecule has 0 saturated carbocycles. The van der Waals surface area contributed by atoms with E-state index in [0.717, 1.165) is 9.88 Å². The second-order valence-corrected chi connectivity index (χ2v) is 5.80. The summed E-state index contributed by atoms with van der Waals surface area (Å²) in [6, 6.07) is 3.71. The van der Waals surface area contributed by atoms with Crippen LogP contribution in [-0.4, -0.2) is 15.8 Å². The van der Waals surface area contributed by atoms with Crippen molar-refractivity contribution in [2.75, 3.05) is 5.73 Å². The van der Waals surface area contributed by atoms with Crippen LogP contribution in [0.25, 0.3) is 0 Å². The Hall–Kier alpha value is -2.48. The average molecular weight is 306 g/mol. The molecule has 110 valence electrons. The molecule has 1 amide bonds. The fourth-order valence-electron chi connectivity index (χ4n) is 1.76. The lowest BCUT2D eigenvalue weighted by Crippen LogP contribution is -2.26. The molecule has 8 heteroatoms. The third-order valence-electron chi connectivity index (χ3n) is 2.85. The number of aromatic nitrogens is 1. The van der Waals surface area contributed by atoms with Gasteiger partial charge in [-0.3, -0.25) is 14.9 Å². The summed E-state index contributed by atoms with van der Waals surface area (Å²) in [4.78, 5) is 27.6. The van der Waals surface area contributed by atoms with Gasteiger partial charge in [-0.25, -0.2) is 4.98 Å². The van der Waals surface area contributed by atoms with Crippen LogP contribution in [0.5, 0.6) is 0 Å². The van der Waals surface area contributed by atoms with Gasteiger partial charge in [0.15, 0.2) is 0 Å². The van der Waals surface area contributed by atoms with Crippen molar-refractivity contribution >= 4 is 28.6 Å². The van der Waals surface area contributed by atoms with E-state index in [1.165, 1.54) is 29.5 Å². The molecule has 0 saturated heterocycles. The van der Waals surface area contributed by atoms with E-state index in [9.17, 15) is 14.9 Å². The van der Waals surface area contributed by atoms with Gasteiger partial charge in [0.1, 0.15) is 10.7 Å². The van der Waals surface area contributed by atoms with Crippen LogP contribution in [0.4, 0.5) is 11.4 Å². The van der Waals surface area contributed by atoms with E-state index in [4.69, 9.17) is 5.73 Å². The van der Waals surface area contributed by atoms with Gasteiger partial charge in [-0.2, -0.15) is 0 Å². The van der Waals surface area contributed by atoms with Gasteiger partial charge in [-0.1, -0.05) is 0 Å². The topological polar surface area (TPSA) is 111 Å². The van der Waals surface area contributed by atoms with Crippen molar-refractivity contribution in [1.82, 2.24) is 10.3 Å². The fourth-order valence-corrected chi connectivity index (χ4v) is 2.53. The molecule has 0 aliphatic rings. The number of aryl methyl sites for hydroxylation is 1. The Kier molecular flexibility index (Phi) is 4.18. The molecule has 1 aromatic carbocycles. The quantitative estimate of drug-likeness (QED) is 0.512. The van der Waals surface area contributed by atoms with Crippen LogP contribution in [0.2, 0.25) is 0 Å². The van der Waals surface area contributed by atoms with Gasteiger partial charge >= 0.3 is 0 Å². The smallest absolute Gasteiger partial charge is 0.292 e. The first-order valence-corrected chi connectivity index (χ1v) is 6.97. The number of nitro groups is 1. The van der Waals surface area contributed by atoms with Crippen LogP contribution in [0.1, 0.15) is 33.2 Å². The number of nitrogen functional groups attached to an aromatic ring is 1. The van der Waals surface area contributed by atoms with E-state index in [0.29, 0.717) is 0 Å². The first-order chi connectivity index (χ1) is 9.88. The summed E-state index contributed by atoms with van der Waals surface area (Å²) >= 11 is 1.49. The van der Waals surface area contributed by atoms with Crippen molar-refractivity contribution in [2.24, 2.45) is 0 Å². The summed E-state index contributed by atoms with van der Waals surface area (Å²) in [5.41, 5.74) is 5.45. The minimum atomic E-state index is -0.611. The van der Waals surface area contributed by atoms with Gasteiger partial charge in [-0.15, -0.1) is 11.3 Å². The highest BCUT2D eigenvalue weighted by Crippen LogP contribution is 2.23. The number of nitro benzene ring substituents is 1. The van der Waals surface area contributed by atoms with E-state index >= 15 is 0 Å². The molecule has 1 heterocycles. The van der Waals surface area contributed by atoms with Crippen LogP contribution in [0.3, 0.4) is 0 Å². The summed E-state index contributed by atoms with van der Waals surface area (Å²) in [6.45, 7) is 3.74. The summed E-state index contributed by atoms with van der Waals surface area (Å²) in [7, 11) is 0. The number of benzene rings is 1. The van der Waals surface area contributed by atoms with Gasteiger partial charge in [0.25, 0.3) is 11.6 Å². The average Bonchev–Trinajstić information content (AvgIpc) is 2.85. The van der Waals surface area contributed by atoms with Crippen LogP contribution in [-0.2, 0) is 0 Å². The SMILES string of the molecule is Cc1cnc(C(C)NC(=O)c2ccc(N)c([N+](=O)[O-])c2)s1. The zero-order valence-electron chi connectivity index (χ0n) is 11.5. The molecule has 0 aliphatic carbocycles. The molecular formula is C13H14N4O3S. The second-order valence-electron chi connectivity index (χ2n) is 4.54. The Morgan fingerprint density at radius 3 is 2.81 bits per heavy atom. The zero-order chi connectivity index (χ0) is 15.6. The van der Waals surface area contributed by atoms with Gasteiger partial charge in [0, 0.05) is 22.7 Å². The monoisotopic (exact) mass is 306 g/mol. The molecule has 0 bridgehead atoms. The summed E-state index contributed by atoms with van der Waals surface area (Å²) < 4.78 is 0. The highest BCUT2D eigenvalue weighted by atomic mass is 32.1. The lowest BCUT2D eigenvalue weighted by molar-refractivity contribution is -0.383.